The summed E-state index contributed by atoms with van der Waals surface area (Å²) >= 11 is 0. The van der Waals surface area contributed by atoms with Crippen LogP contribution in [0.5, 0.6) is 0 Å². The molecule has 2 aromatic rings. The second kappa shape index (κ2) is 5.19. The normalized spacial score (nSPS) is 13.6. The van der Waals surface area contributed by atoms with Crippen molar-refractivity contribution in [1.29, 1.82) is 0 Å². The Morgan fingerprint density at radius 3 is 2.68 bits per heavy atom. The Morgan fingerprint density at radius 2 is 2.00 bits per heavy atom. The van der Waals surface area contributed by atoms with E-state index in [1.165, 1.54) is 0 Å². The largest absolute Gasteiger partial charge is 0.399 e. The van der Waals surface area contributed by atoms with Crippen LogP contribution in [0.4, 0.5) is 5.69 Å². The van der Waals surface area contributed by atoms with Crippen LogP contribution in [0.3, 0.4) is 0 Å². The van der Waals surface area contributed by atoms with Crippen LogP contribution in [0.1, 0.15) is 20.3 Å². The Balaban J connectivity index is 2.56. The van der Waals surface area contributed by atoms with E-state index in [1.807, 2.05) is 19.9 Å². The Kier molecular flexibility index (Phi) is 3.78. The second-order valence-corrected chi connectivity index (χ2v) is 6.35. The molecule has 19 heavy (non-hydrogen) atoms. The third-order valence-electron chi connectivity index (χ3n) is 3.12. The highest BCUT2D eigenvalue weighted by molar-refractivity contribution is 7.89. The highest BCUT2D eigenvalue weighted by Gasteiger charge is 2.18. The lowest BCUT2D eigenvalue weighted by Crippen LogP contribution is -2.32. The molecule has 1 atom stereocenters. The van der Waals surface area contributed by atoms with Gasteiger partial charge in [-0.1, -0.05) is 25.1 Å². The number of nitrogen functional groups attached to an aromatic ring is 1. The average molecular weight is 278 g/mol. The molecule has 0 bridgehead atoms. The van der Waals surface area contributed by atoms with E-state index in [2.05, 4.69) is 4.72 Å². The SMILES string of the molecule is CCC(C)NS(=O)(=O)c1cccc2cc(N)ccc12. The van der Waals surface area contributed by atoms with Crippen molar-refractivity contribution >= 4 is 26.5 Å². The van der Waals surface area contributed by atoms with Crippen LogP contribution in [-0.4, -0.2) is 14.5 Å². The second-order valence-electron chi connectivity index (χ2n) is 4.67. The molecule has 0 aliphatic carbocycles. The molecule has 0 heterocycles. The fourth-order valence-electron chi connectivity index (χ4n) is 1.92. The number of nitrogens with two attached hydrogens (primary N) is 1. The van der Waals surface area contributed by atoms with Gasteiger partial charge in [-0.15, -0.1) is 0 Å². The molecule has 1 unspecified atom stereocenters. The molecule has 0 saturated heterocycles. The summed E-state index contributed by atoms with van der Waals surface area (Å²) in [6.07, 6.45) is 0.747. The zero-order valence-corrected chi connectivity index (χ0v) is 11.9. The maximum Gasteiger partial charge on any atom is 0.241 e. The summed E-state index contributed by atoms with van der Waals surface area (Å²) in [5.41, 5.74) is 6.34. The predicted molar refractivity (Wildman–Crippen MR) is 78.4 cm³/mol. The maximum atomic E-state index is 12.4. The first-order valence-corrected chi connectivity index (χ1v) is 7.73. The lowest BCUT2D eigenvalue weighted by Gasteiger charge is -2.13. The van der Waals surface area contributed by atoms with Crippen LogP contribution in [0.2, 0.25) is 0 Å². The Bertz CT molecular complexity index is 696. The van der Waals surface area contributed by atoms with Gasteiger partial charge in [0.1, 0.15) is 0 Å². The molecule has 2 aromatic carbocycles. The molecule has 0 radical (unpaired) electrons. The number of nitrogens with one attached hydrogen (secondary N) is 1. The number of fused-ring (bicyclic) bond motifs is 1. The summed E-state index contributed by atoms with van der Waals surface area (Å²) in [5.74, 6) is 0. The van der Waals surface area contributed by atoms with Crippen molar-refractivity contribution in [2.24, 2.45) is 0 Å². The summed E-state index contributed by atoms with van der Waals surface area (Å²) in [6, 6.07) is 10.3. The first-order chi connectivity index (χ1) is 8.94. The van der Waals surface area contributed by atoms with Gasteiger partial charge in [0, 0.05) is 17.1 Å². The number of hydrogen-bond donors (Lipinski definition) is 2. The van der Waals surface area contributed by atoms with Gasteiger partial charge in [-0.3, -0.25) is 0 Å². The van der Waals surface area contributed by atoms with Crippen molar-refractivity contribution in [2.75, 3.05) is 5.73 Å². The molecule has 0 aliphatic rings. The van der Waals surface area contributed by atoms with Crippen molar-refractivity contribution < 1.29 is 8.42 Å². The third-order valence-corrected chi connectivity index (χ3v) is 4.77. The van der Waals surface area contributed by atoms with E-state index >= 15 is 0 Å². The standard InChI is InChI=1S/C14H18N2O2S/c1-3-10(2)16-19(17,18)14-6-4-5-11-9-12(15)7-8-13(11)14/h4-10,16H,3,15H2,1-2H3. The predicted octanol–water partition coefficient (Wildman–Crippen LogP) is 2.50. The van der Waals surface area contributed by atoms with Gasteiger partial charge >= 0.3 is 0 Å². The number of hydrogen-bond acceptors (Lipinski definition) is 3. The topological polar surface area (TPSA) is 72.2 Å². The van der Waals surface area contributed by atoms with Crippen LogP contribution >= 0.6 is 0 Å². The molecule has 4 nitrogen and oxygen atoms in total. The molecule has 0 amide bonds. The molecular weight excluding hydrogens is 260 g/mol. The van der Waals surface area contributed by atoms with Gasteiger partial charge in [-0.05, 0) is 36.9 Å². The lowest BCUT2D eigenvalue weighted by atomic mass is 10.1. The fraction of sp³-hybridized carbons (Fsp3) is 0.286. The van der Waals surface area contributed by atoms with Crippen molar-refractivity contribution in [3.05, 3.63) is 36.4 Å². The first-order valence-electron chi connectivity index (χ1n) is 6.24. The van der Waals surface area contributed by atoms with Gasteiger partial charge in [-0.2, -0.15) is 0 Å². The minimum atomic E-state index is -3.50. The van der Waals surface area contributed by atoms with Gasteiger partial charge in [0.25, 0.3) is 0 Å². The van der Waals surface area contributed by atoms with Gasteiger partial charge < -0.3 is 5.73 Å². The molecule has 3 N–H and O–H groups in total. The molecule has 0 saturated carbocycles. The monoisotopic (exact) mass is 278 g/mol. The summed E-state index contributed by atoms with van der Waals surface area (Å²) in [6.45, 7) is 3.79. The Hall–Kier alpha value is -1.59. The molecular formula is C14H18N2O2S. The first kappa shape index (κ1) is 13.8. The summed E-state index contributed by atoms with van der Waals surface area (Å²) in [7, 11) is -3.50. The van der Waals surface area contributed by atoms with E-state index in [4.69, 9.17) is 5.73 Å². The van der Waals surface area contributed by atoms with Crippen molar-refractivity contribution in [1.82, 2.24) is 4.72 Å². The van der Waals surface area contributed by atoms with Gasteiger partial charge in [0.15, 0.2) is 0 Å². The molecule has 0 aliphatic heterocycles. The summed E-state index contributed by atoms with van der Waals surface area (Å²) in [5, 5.41) is 1.51. The smallest absolute Gasteiger partial charge is 0.241 e. The van der Waals surface area contributed by atoms with E-state index in [9.17, 15) is 8.42 Å². The van der Waals surface area contributed by atoms with Crippen LogP contribution in [0.25, 0.3) is 10.8 Å². The van der Waals surface area contributed by atoms with Crippen LogP contribution in [0.15, 0.2) is 41.3 Å². The zero-order chi connectivity index (χ0) is 14.0. The lowest BCUT2D eigenvalue weighted by molar-refractivity contribution is 0.556. The van der Waals surface area contributed by atoms with Crippen LogP contribution in [-0.2, 0) is 10.0 Å². The van der Waals surface area contributed by atoms with E-state index in [-0.39, 0.29) is 6.04 Å². The quantitative estimate of drug-likeness (QED) is 0.844. The zero-order valence-electron chi connectivity index (χ0n) is 11.1. The molecule has 2 rings (SSSR count). The van der Waals surface area contributed by atoms with E-state index in [0.29, 0.717) is 16.0 Å². The summed E-state index contributed by atoms with van der Waals surface area (Å²) < 4.78 is 27.4. The van der Waals surface area contributed by atoms with Gasteiger partial charge in [0.2, 0.25) is 10.0 Å². The molecule has 0 spiro atoms. The van der Waals surface area contributed by atoms with Crippen molar-refractivity contribution in [2.45, 2.75) is 31.2 Å². The molecule has 0 fully saturated rings. The summed E-state index contributed by atoms with van der Waals surface area (Å²) in [4.78, 5) is 0.297. The minimum absolute atomic E-state index is 0.0889. The van der Waals surface area contributed by atoms with E-state index in [0.717, 1.165) is 11.8 Å². The number of benzene rings is 2. The van der Waals surface area contributed by atoms with E-state index < -0.39 is 10.0 Å². The third kappa shape index (κ3) is 2.88. The fourth-order valence-corrected chi connectivity index (χ4v) is 3.47. The Labute approximate surface area is 113 Å². The highest BCUT2D eigenvalue weighted by atomic mass is 32.2. The van der Waals surface area contributed by atoms with Gasteiger partial charge in [-0.25, -0.2) is 13.1 Å². The highest BCUT2D eigenvalue weighted by Crippen LogP contribution is 2.25. The molecule has 0 aromatic heterocycles. The minimum Gasteiger partial charge on any atom is -0.399 e. The number of anilines is 1. The van der Waals surface area contributed by atoms with Crippen molar-refractivity contribution in [3.63, 3.8) is 0 Å². The van der Waals surface area contributed by atoms with Crippen molar-refractivity contribution in [3.8, 4) is 0 Å². The van der Waals surface area contributed by atoms with E-state index in [1.54, 1.807) is 30.3 Å². The van der Waals surface area contributed by atoms with Crippen LogP contribution < -0.4 is 10.5 Å². The van der Waals surface area contributed by atoms with Crippen LogP contribution in [0, 0.1) is 0 Å². The number of sulfonamides is 1. The van der Waals surface area contributed by atoms with Gasteiger partial charge in [0.05, 0.1) is 4.90 Å². The number of rotatable bonds is 4. The average Bonchev–Trinajstić information content (AvgIpc) is 2.37. The molecule has 5 heteroatoms. The maximum absolute atomic E-state index is 12.4. The molecule has 102 valence electrons. The Morgan fingerprint density at radius 1 is 1.26 bits per heavy atom.